The average molecular weight is 449 g/mol. The number of rotatable bonds is 7. The van der Waals surface area contributed by atoms with Gasteiger partial charge in [-0.25, -0.2) is 13.4 Å². The maximum absolute atomic E-state index is 12.9. The summed E-state index contributed by atoms with van der Waals surface area (Å²) in [6.45, 7) is 2.79. The summed E-state index contributed by atoms with van der Waals surface area (Å²) in [5.41, 5.74) is -0.219. The monoisotopic (exact) mass is 448 g/mol. The number of nitrogens with zero attached hydrogens (tertiary/aromatic N) is 4. The topological polar surface area (TPSA) is 123 Å². The first kappa shape index (κ1) is 22.5. The van der Waals surface area contributed by atoms with E-state index in [-0.39, 0.29) is 34.1 Å². The van der Waals surface area contributed by atoms with Crippen molar-refractivity contribution in [2.24, 2.45) is 5.92 Å². The number of anilines is 2. The minimum absolute atomic E-state index is 0.0666. The van der Waals surface area contributed by atoms with E-state index in [1.807, 2.05) is 0 Å². The molecular formula is C20H24N4O6S. The van der Waals surface area contributed by atoms with Gasteiger partial charge in [-0.05, 0) is 38.0 Å². The Morgan fingerprint density at radius 3 is 2.45 bits per heavy atom. The number of aromatic nitrogens is 1. The molecule has 1 aromatic carbocycles. The van der Waals surface area contributed by atoms with Crippen LogP contribution >= 0.6 is 0 Å². The van der Waals surface area contributed by atoms with E-state index in [0.717, 1.165) is 4.31 Å². The average Bonchev–Trinajstić information content (AvgIpc) is 2.79. The van der Waals surface area contributed by atoms with Gasteiger partial charge in [0.1, 0.15) is 5.82 Å². The van der Waals surface area contributed by atoms with E-state index in [9.17, 15) is 23.3 Å². The smallest absolute Gasteiger partial charge is 0.311 e. The van der Waals surface area contributed by atoms with Crippen LogP contribution in [0.1, 0.15) is 19.8 Å². The lowest BCUT2D eigenvalue weighted by Crippen LogP contribution is -2.38. The van der Waals surface area contributed by atoms with Crippen LogP contribution in [-0.2, 0) is 19.6 Å². The number of hydrogen-bond acceptors (Lipinski definition) is 8. The van der Waals surface area contributed by atoms with Gasteiger partial charge in [0, 0.05) is 26.2 Å². The lowest BCUT2D eigenvalue weighted by Gasteiger charge is -2.31. The molecule has 0 radical (unpaired) electrons. The molecule has 0 spiro atoms. The third-order valence-corrected chi connectivity index (χ3v) is 6.95. The van der Waals surface area contributed by atoms with Crippen molar-refractivity contribution in [2.75, 3.05) is 35.9 Å². The summed E-state index contributed by atoms with van der Waals surface area (Å²) in [7, 11) is -2.52. The molecule has 10 nitrogen and oxygen atoms in total. The first-order valence-corrected chi connectivity index (χ1v) is 11.3. The van der Waals surface area contributed by atoms with Gasteiger partial charge in [-0.15, -0.1) is 0 Å². The van der Waals surface area contributed by atoms with Crippen molar-refractivity contribution in [3.63, 3.8) is 0 Å². The number of esters is 1. The minimum Gasteiger partial charge on any atom is -0.466 e. The second-order valence-corrected chi connectivity index (χ2v) is 9.04. The van der Waals surface area contributed by atoms with Gasteiger partial charge in [-0.1, -0.05) is 18.2 Å². The normalized spacial score (nSPS) is 14.8. The van der Waals surface area contributed by atoms with E-state index < -0.39 is 14.9 Å². The molecule has 1 aromatic heterocycles. The van der Waals surface area contributed by atoms with Gasteiger partial charge < -0.3 is 9.64 Å². The van der Waals surface area contributed by atoms with Crippen molar-refractivity contribution in [3.8, 4) is 0 Å². The number of ether oxygens (including phenoxy) is 1. The van der Waals surface area contributed by atoms with Gasteiger partial charge in [0.25, 0.3) is 10.0 Å². The van der Waals surface area contributed by atoms with Crippen LogP contribution in [-0.4, -0.2) is 51.0 Å². The van der Waals surface area contributed by atoms with Gasteiger partial charge in [-0.2, -0.15) is 0 Å². The van der Waals surface area contributed by atoms with Crippen LogP contribution in [0.5, 0.6) is 0 Å². The predicted octanol–water partition coefficient (Wildman–Crippen LogP) is 2.59. The van der Waals surface area contributed by atoms with E-state index >= 15 is 0 Å². The molecule has 1 aliphatic rings. The van der Waals surface area contributed by atoms with E-state index in [1.165, 1.54) is 31.3 Å². The van der Waals surface area contributed by atoms with Crippen LogP contribution in [0.4, 0.5) is 17.3 Å². The zero-order chi connectivity index (χ0) is 22.6. The molecule has 3 rings (SSSR count). The lowest BCUT2D eigenvalue weighted by atomic mass is 9.97. The fourth-order valence-corrected chi connectivity index (χ4v) is 4.61. The van der Waals surface area contributed by atoms with Gasteiger partial charge >= 0.3 is 11.7 Å². The Labute approximate surface area is 180 Å². The number of hydrogen-bond donors (Lipinski definition) is 0. The van der Waals surface area contributed by atoms with Crippen LogP contribution in [0, 0.1) is 16.0 Å². The standard InChI is InChI=1S/C20H24N4O6S/c1-3-30-20(25)15-11-13-23(14-12-15)19-17(24(26)27)9-10-18(21-19)22(2)31(28,29)16-7-5-4-6-8-16/h4-10,15H,3,11-14H2,1-2H3. The van der Waals surface area contributed by atoms with Crippen LogP contribution in [0.2, 0.25) is 0 Å². The first-order valence-electron chi connectivity index (χ1n) is 9.86. The number of sulfonamides is 1. The highest BCUT2D eigenvalue weighted by molar-refractivity contribution is 7.92. The maximum atomic E-state index is 12.9. The summed E-state index contributed by atoms with van der Waals surface area (Å²) in [5, 5.41) is 11.6. The van der Waals surface area contributed by atoms with Gasteiger partial charge in [-0.3, -0.25) is 19.2 Å². The van der Waals surface area contributed by atoms with Crippen molar-refractivity contribution in [3.05, 3.63) is 52.6 Å². The molecule has 0 unspecified atom stereocenters. The molecule has 0 N–H and O–H groups in total. The fourth-order valence-electron chi connectivity index (χ4n) is 3.44. The van der Waals surface area contributed by atoms with Gasteiger partial charge in [0.15, 0.2) is 0 Å². The molecule has 31 heavy (non-hydrogen) atoms. The molecule has 0 bridgehead atoms. The summed E-state index contributed by atoms with van der Waals surface area (Å²) < 4.78 is 31.9. The molecule has 166 valence electrons. The number of carbonyl (C=O) groups is 1. The van der Waals surface area contributed by atoms with E-state index in [0.29, 0.717) is 32.5 Å². The molecule has 0 aliphatic carbocycles. The summed E-state index contributed by atoms with van der Waals surface area (Å²) in [6, 6.07) is 10.4. The molecule has 2 heterocycles. The molecule has 1 saturated heterocycles. The van der Waals surface area contributed by atoms with Gasteiger partial charge in [0.2, 0.25) is 5.82 Å². The third kappa shape index (κ3) is 4.76. The summed E-state index contributed by atoms with van der Waals surface area (Å²) >= 11 is 0. The second-order valence-electron chi connectivity index (χ2n) is 7.07. The van der Waals surface area contributed by atoms with E-state index in [2.05, 4.69) is 4.98 Å². The minimum atomic E-state index is -3.88. The van der Waals surface area contributed by atoms with Crippen molar-refractivity contribution < 1.29 is 22.9 Å². The number of piperidine rings is 1. The highest BCUT2D eigenvalue weighted by Crippen LogP contribution is 2.33. The lowest BCUT2D eigenvalue weighted by molar-refractivity contribution is -0.384. The fraction of sp³-hybridized carbons (Fsp3) is 0.400. The summed E-state index contributed by atoms with van der Waals surface area (Å²) in [5.74, 6) is -0.386. The van der Waals surface area contributed by atoms with E-state index in [4.69, 9.17) is 4.74 Å². The Morgan fingerprint density at radius 2 is 1.87 bits per heavy atom. The van der Waals surface area contributed by atoms with Crippen LogP contribution < -0.4 is 9.21 Å². The van der Waals surface area contributed by atoms with Crippen molar-refractivity contribution >= 4 is 33.3 Å². The highest BCUT2D eigenvalue weighted by atomic mass is 32.2. The second kappa shape index (κ2) is 9.29. The number of benzene rings is 1. The van der Waals surface area contributed by atoms with Crippen LogP contribution in [0.25, 0.3) is 0 Å². The zero-order valence-corrected chi connectivity index (χ0v) is 18.1. The Hall–Kier alpha value is -3.21. The molecule has 0 atom stereocenters. The molecular weight excluding hydrogens is 424 g/mol. The molecule has 11 heteroatoms. The highest BCUT2D eigenvalue weighted by Gasteiger charge is 2.31. The summed E-state index contributed by atoms with van der Waals surface area (Å²) in [6.07, 6.45) is 0.945. The maximum Gasteiger partial charge on any atom is 0.311 e. The Balaban J connectivity index is 1.89. The van der Waals surface area contributed by atoms with Crippen molar-refractivity contribution in [1.29, 1.82) is 0 Å². The van der Waals surface area contributed by atoms with Crippen LogP contribution in [0.3, 0.4) is 0 Å². The SMILES string of the molecule is CCOC(=O)C1CCN(c2nc(N(C)S(=O)(=O)c3ccccc3)ccc2[N+](=O)[O-])CC1. The van der Waals surface area contributed by atoms with Gasteiger partial charge in [0.05, 0.1) is 22.3 Å². The largest absolute Gasteiger partial charge is 0.466 e. The Morgan fingerprint density at radius 1 is 1.23 bits per heavy atom. The molecule has 1 aliphatic heterocycles. The van der Waals surface area contributed by atoms with Crippen molar-refractivity contribution in [2.45, 2.75) is 24.7 Å². The quantitative estimate of drug-likeness (QED) is 0.360. The first-order chi connectivity index (χ1) is 14.8. The number of pyridine rings is 1. The number of nitro groups is 1. The molecule has 0 amide bonds. The Kier molecular flexibility index (Phi) is 6.74. The molecule has 2 aromatic rings. The zero-order valence-electron chi connectivity index (χ0n) is 17.3. The molecule has 1 fully saturated rings. The van der Waals surface area contributed by atoms with Crippen LogP contribution in [0.15, 0.2) is 47.4 Å². The number of carbonyl (C=O) groups excluding carboxylic acids is 1. The van der Waals surface area contributed by atoms with E-state index in [1.54, 1.807) is 30.0 Å². The third-order valence-electron chi connectivity index (χ3n) is 5.18. The predicted molar refractivity (Wildman–Crippen MR) is 114 cm³/mol. The summed E-state index contributed by atoms with van der Waals surface area (Å²) in [4.78, 5) is 29.1. The molecule has 0 saturated carbocycles. The Bertz CT molecular complexity index is 1050. The van der Waals surface area contributed by atoms with Crippen molar-refractivity contribution in [1.82, 2.24) is 4.98 Å².